The fraction of sp³-hybridized carbons (Fsp3) is 0.269. The lowest BCUT2D eigenvalue weighted by Crippen LogP contribution is -2.49. The van der Waals surface area contributed by atoms with Crippen molar-refractivity contribution < 1.29 is 9.53 Å². The summed E-state index contributed by atoms with van der Waals surface area (Å²) < 4.78 is 7.00. The molecule has 5 rings (SSSR count). The fourth-order valence-corrected chi connectivity index (χ4v) is 4.81. The number of carbonyl (C=O) groups is 1. The van der Waals surface area contributed by atoms with Crippen LogP contribution < -0.4 is 4.74 Å². The molecule has 174 valence electrons. The Hall–Kier alpha value is -3.49. The Balaban J connectivity index is 1.24. The lowest BCUT2D eigenvalue weighted by atomic mass is 10.1. The van der Waals surface area contributed by atoms with E-state index in [1.807, 2.05) is 64.9 Å². The van der Waals surface area contributed by atoms with Gasteiger partial charge >= 0.3 is 0 Å². The minimum Gasteiger partial charge on any atom is -0.497 e. The van der Waals surface area contributed by atoms with Crippen molar-refractivity contribution in [1.29, 1.82) is 0 Å². The molecule has 2 aromatic heterocycles. The van der Waals surface area contributed by atoms with Crippen molar-refractivity contribution in [3.05, 3.63) is 83.5 Å². The van der Waals surface area contributed by atoms with Crippen LogP contribution in [0.4, 0.5) is 0 Å². The maximum Gasteiger partial charge on any atom is 0.293 e. The van der Waals surface area contributed by atoms with Gasteiger partial charge in [-0.2, -0.15) is 0 Å². The molecule has 0 N–H and O–H groups in total. The van der Waals surface area contributed by atoms with Gasteiger partial charge < -0.3 is 9.64 Å². The monoisotopic (exact) mass is 473 g/mol. The predicted octanol–water partition coefficient (Wildman–Crippen LogP) is 4.00. The van der Waals surface area contributed by atoms with Gasteiger partial charge in [0.05, 0.1) is 17.7 Å². The molecule has 4 aromatic rings. The number of hydrogen-bond donors (Lipinski definition) is 0. The summed E-state index contributed by atoms with van der Waals surface area (Å²) >= 11 is 1.59. The van der Waals surface area contributed by atoms with Gasteiger partial charge in [0.1, 0.15) is 5.75 Å². The van der Waals surface area contributed by atoms with Gasteiger partial charge in [-0.05, 0) is 47.7 Å². The summed E-state index contributed by atoms with van der Waals surface area (Å²) in [6, 6.07) is 22.0. The summed E-state index contributed by atoms with van der Waals surface area (Å²) in [5, 5.41) is 6.62. The highest BCUT2D eigenvalue weighted by atomic mass is 32.1. The first-order valence-corrected chi connectivity index (χ1v) is 12.3. The summed E-state index contributed by atoms with van der Waals surface area (Å²) in [6.45, 7) is 4.02. The molecule has 7 nitrogen and oxygen atoms in total. The molecule has 0 radical (unpaired) electrons. The van der Waals surface area contributed by atoms with Crippen molar-refractivity contribution in [2.45, 2.75) is 6.42 Å². The molecule has 1 saturated heterocycles. The summed E-state index contributed by atoms with van der Waals surface area (Å²) in [7, 11) is 1.68. The van der Waals surface area contributed by atoms with E-state index in [0.717, 1.165) is 42.4 Å². The lowest BCUT2D eigenvalue weighted by Gasteiger charge is -2.34. The minimum absolute atomic E-state index is 0.109. The summed E-state index contributed by atoms with van der Waals surface area (Å²) in [5.74, 6) is 1.71. The average Bonchev–Trinajstić information content (AvgIpc) is 3.59. The van der Waals surface area contributed by atoms with Crippen LogP contribution in [0.1, 0.15) is 16.2 Å². The van der Waals surface area contributed by atoms with Crippen molar-refractivity contribution in [1.82, 2.24) is 24.6 Å². The Labute approximate surface area is 203 Å². The number of amides is 1. The molecule has 2 aromatic carbocycles. The van der Waals surface area contributed by atoms with Crippen LogP contribution in [0.15, 0.2) is 72.1 Å². The topological polar surface area (TPSA) is 63.5 Å². The average molecular weight is 474 g/mol. The first-order valence-electron chi connectivity index (χ1n) is 11.4. The fourth-order valence-electron chi connectivity index (χ4n) is 4.11. The van der Waals surface area contributed by atoms with Crippen molar-refractivity contribution in [3.8, 4) is 22.1 Å². The Kier molecular flexibility index (Phi) is 6.69. The van der Waals surface area contributed by atoms with E-state index >= 15 is 0 Å². The molecule has 1 aliphatic rings. The summed E-state index contributed by atoms with van der Waals surface area (Å²) in [6.07, 6.45) is 0.977. The van der Waals surface area contributed by atoms with Crippen LogP contribution >= 0.6 is 11.3 Å². The zero-order valence-corrected chi connectivity index (χ0v) is 19.9. The molecule has 0 unspecified atom stereocenters. The Morgan fingerprint density at radius 1 is 0.971 bits per heavy atom. The van der Waals surface area contributed by atoms with Gasteiger partial charge in [-0.25, -0.2) is 9.67 Å². The van der Waals surface area contributed by atoms with Gasteiger partial charge in [0.15, 0.2) is 5.82 Å². The molecule has 0 bridgehead atoms. The molecule has 8 heteroatoms. The molecule has 1 fully saturated rings. The SMILES string of the molecule is COc1ccc(CCN2CCN(C(=O)c3nc(-c4cccs4)n(-c4ccccc4)n3)CC2)cc1. The number of nitrogens with zero attached hydrogens (tertiary/aromatic N) is 5. The van der Waals surface area contributed by atoms with Crippen molar-refractivity contribution >= 4 is 17.2 Å². The molecule has 0 atom stereocenters. The third kappa shape index (κ3) is 4.88. The van der Waals surface area contributed by atoms with Gasteiger partial charge in [-0.3, -0.25) is 9.69 Å². The number of carbonyl (C=O) groups excluding carboxylic acids is 1. The molecule has 0 saturated carbocycles. The van der Waals surface area contributed by atoms with Crippen LogP contribution in [0, 0.1) is 0 Å². The number of para-hydroxylation sites is 1. The number of rotatable bonds is 7. The van der Waals surface area contributed by atoms with Gasteiger partial charge in [0, 0.05) is 32.7 Å². The molecule has 1 amide bonds. The molecular weight excluding hydrogens is 446 g/mol. The zero-order chi connectivity index (χ0) is 23.3. The Morgan fingerprint density at radius 3 is 2.41 bits per heavy atom. The largest absolute Gasteiger partial charge is 0.497 e. The number of thiophene rings is 1. The number of hydrogen-bond acceptors (Lipinski definition) is 6. The minimum atomic E-state index is -0.109. The third-order valence-electron chi connectivity index (χ3n) is 6.08. The third-order valence-corrected chi connectivity index (χ3v) is 6.94. The number of methoxy groups -OCH3 is 1. The molecule has 0 aliphatic carbocycles. The number of ether oxygens (including phenoxy) is 1. The van der Waals surface area contributed by atoms with E-state index < -0.39 is 0 Å². The Morgan fingerprint density at radius 2 is 1.74 bits per heavy atom. The molecule has 0 spiro atoms. The maximum absolute atomic E-state index is 13.3. The second kappa shape index (κ2) is 10.2. The second-order valence-electron chi connectivity index (χ2n) is 8.22. The number of piperazine rings is 1. The Bertz CT molecular complexity index is 1210. The second-order valence-corrected chi connectivity index (χ2v) is 9.16. The quantitative estimate of drug-likeness (QED) is 0.406. The van der Waals surface area contributed by atoms with Crippen LogP contribution in [-0.2, 0) is 6.42 Å². The van der Waals surface area contributed by atoms with E-state index in [4.69, 9.17) is 4.74 Å². The van der Waals surface area contributed by atoms with Crippen molar-refractivity contribution in [3.63, 3.8) is 0 Å². The highest BCUT2D eigenvalue weighted by Crippen LogP contribution is 2.26. The van der Waals surface area contributed by atoms with Gasteiger partial charge in [0.25, 0.3) is 5.91 Å². The van der Waals surface area contributed by atoms with Crippen LogP contribution in [0.25, 0.3) is 16.4 Å². The van der Waals surface area contributed by atoms with Crippen LogP contribution in [0.3, 0.4) is 0 Å². The van der Waals surface area contributed by atoms with Gasteiger partial charge in [-0.15, -0.1) is 16.4 Å². The van der Waals surface area contributed by atoms with Crippen LogP contribution in [-0.4, -0.2) is 70.3 Å². The smallest absolute Gasteiger partial charge is 0.293 e. The van der Waals surface area contributed by atoms with Crippen LogP contribution in [0.5, 0.6) is 5.75 Å². The van der Waals surface area contributed by atoms with E-state index in [0.29, 0.717) is 18.9 Å². The number of aromatic nitrogens is 3. The molecular formula is C26H27N5O2S. The van der Waals surface area contributed by atoms with Crippen molar-refractivity contribution in [2.75, 3.05) is 39.8 Å². The summed E-state index contributed by atoms with van der Waals surface area (Å²) in [4.78, 5) is 23.2. The first kappa shape index (κ1) is 22.3. The highest BCUT2D eigenvalue weighted by molar-refractivity contribution is 7.13. The lowest BCUT2D eigenvalue weighted by molar-refractivity contribution is 0.0626. The van der Waals surface area contributed by atoms with E-state index in [1.165, 1.54) is 5.56 Å². The number of benzene rings is 2. The first-order chi connectivity index (χ1) is 16.7. The van der Waals surface area contributed by atoms with E-state index in [2.05, 4.69) is 27.1 Å². The maximum atomic E-state index is 13.3. The molecule has 3 heterocycles. The highest BCUT2D eigenvalue weighted by Gasteiger charge is 2.26. The van der Waals surface area contributed by atoms with Crippen molar-refractivity contribution in [2.24, 2.45) is 0 Å². The van der Waals surface area contributed by atoms with E-state index in [1.54, 1.807) is 23.1 Å². The van der Waals surface area contributed by atoms with E-state index in [9.17, 15) is 4.79 Å². The van der Waals surface area contributed by atoms with Gasteiger partial charge in [0.2, 0.25) is 5.82 Å². The molecule has 34 heavy (non-hydrogen) atoms. The van der Waals surface area contributed by atoms with Crippen LogP contribution in [0.2, 0.25) is 0 Å². The van der Waals surface area contributed by atoms with E-state index in [-0.39, 0.29) is 11.7 Å². The normalized spacial score (nSPS) is 14.3. The predicted molar refractivity (Wildman–Crippen MR) is 134 cm³/mol. The van der Waals surface area contributed by atoms with Gasteiger partial charge in [-0.1, -0.05) is 36.4 Å². The molecule has 1 aliphatic heterocycles. The standard InChI is InChI=1S/C26H27N5O2S/c1-33-22-11-9-20(10-12-22)13-14-29-15-17-30(18-16-29)26(32)24-27-25(23-8-5-19-34-23)31(28-24)21-6-3-2-4-7-21/h2-12,19H,13-18H2,1H3. The zero-order valence-electron chi connectivity index (χ0n) is 19.1. The summed E-state index contributed by atoms with van der Waals surface area (Å²) in [5.41, 5.74) is 2.18.